The molecule has 60 heavy (non-hydrogen) atoms. The second-order valence-corrected chi connectivity index (χ2v) is 15.1. The Morgan fingerprint density at radius 1 is 0.383 bits per heavy atom. The molecule has 0 saturated carbocycles. The molecule has 0 amide bonds. The number of pyridine rings is 1. The van der Waals surface area contributed by atoms with Gasteiger partial charge >= 0.3 is 0 Å². The molecule has 0 bridgehead atoms. The van der Waals surface area contributed by atoms with E-state index in [1.807, 2.05) is 18.2 Å². The lowest BCUT2D eigenvalue weighted by atomic mass is 10.00. The van der Waals surface area contributed by atoms with Crippen molar-refractivity contribution in [3.63, 3.8) is 0 Å². The van der Waals surface area contributed by atoms with Gasteiger partial charge in [0.05, 0.1) is 22.8 Å². The monoisotopic (exact) mass is 767 g/mol. The molecule has 0 aliphatic carbocycles. The topological polar surface area (TPSA) is 69.6 Å². The van der Waals surface area contributed by atoms with Gasteiger partial charge in [-0.25, -0.2) is 15.0 Å². The molecule has 0 N–H and O–H groups in total. The quantitative estimate of drug-likeness (QED) is 0.168. The number of nitrogens with zero attached hydrogens (tertiary/aromatic N) is 5. The lowest BCUT2D eigenvalue weighted by Gasteiger charge is -2.12. The van der Waals surface area contributed by atoms with Gasteiger partial charge in [-0.1, -0.05) is 140 Å². The van der Waals surface area contributed by atoms with E-state index in [-0.39, 0.29) is 0 Å². The van der Waals surface area contributed by atoms with E-state index in [0.29, 0.717) is 28.6 Å². The lowest BCUT2D eigenvalue weighted by molar-refractivity contribution is 0.667. The molecule has 0 saturated heterocycles. The van der Waals surface area contributed by atoms with Crippen LogP contribution < -0.4 is 0 Å². The van der Waals surface area contributed by atoms with Gasteiger partial charge in [-0.3, -0.25) is 4.98 Å². The van der Waals surface area contributed by atoms with Crippen LogP contribution in [-0.2, 0) is 0 Å². The fraction of sp³-hybridized carbons (Fsp3) is 0. The van der Waals surface area contributed by atoms with Crippen molar-refractivity contribution in [1.82, 2.24) is 24.5 Å². The summed E-state index contributed by atoms with van der Waals surface area (Å²) in [5.74, 6) is 1.67. The second-order valence-electron chi connectivity index (χ2n) is 15.1. The number of hydrogen-bond acceptors (Lipinski definition) is 5. The van der Waals surface area contributed by atoms with Crippen molar-refractivity contribution in [2.75, 3.05) is 0 Å². The number of aromatic nitrogens is 5. The number of para-hydroxylation sites is 2. The van der Waals surface area contributed by atoms with Crippen molar-refractivity contribution in [3.8, 4) is 62.1 Å². The van der Waals surface area contributed by atoms with Crippen LogP contribution in [0.25, 0.3) is 117 Å². The van der Waals surface area contributed by atoms with E-state index in [9.17, 15) is 0 Å². The van der Waals surface area contributed by atoms with Crippen LogP contribution in [0.3, 0.4) is 0 Å². The van der Waals surface area contributed by atoms with Crippen LogP contribution in [-0.4, -0.2) is 24.5 Å². The van der Waals surface area contributed by atoms with Gasteiger partial charge in [-0.15, -0.1) is 0 Å². The van der Waals surface area contributed by atoms with Crippen LogP contribution in [0.5, 0.6) is 0 Å². The summed E-state index contributed by atoms with van der Waals surface area (Å²) in [4.78, 5) is 19.8. The van der Waals surface area contributed by atoms with E-state index in [1.54, 1.807) is 12.4 Å². The van der Waals surface area contributed by atoms with Crippen LogP contribution in [0.4, 0.5) is 0 Å². The normalized spacial score (nSPS) is 11.7. The maximum atomic E-state index is 6.44. The molecule has 0 aliphatic rings. The molecule has 12 aromatic rings. The Hall–Kier alpha value is -8.22. The maximum Gasteiger partial charge on any atom is 0.167 e. The molecule has 0 aliphatic heterocycles. The van der Waals surface area contributed by atoms with Crippen molar-refractivity contribution < 1.29 is 4.42 Å². The first kappa shape index (κ1) is 33.9. The summed E-state index contributed by atoms with van der Waals surface area (Å²) >= 11 is 0. The maximum absolute atomic E-state index is 6.44. The predicted molar refractivity (Wildman–Crippen MR) is 244 cm³/mol. The first-order valence-electron chi connectivity index (χ1n) is 20.0. The minimum absolute atomic E-state index is 0.530. The molecule has 6 nitrogen and oxygen atoms in total. The first-order chi connectivity index (χ1) is 29.7. The van der Waals surface area contributed by atoms with E-state index >= 15 is 0 Å². The Balaban J connectivity index is 1.02. The fourth-order valence-corrected chi connectivity index (χ4v) is 8.61. The van der Waals surface area contributed by atoms with Crippen molar-refractivity contribution in [1.29, 1.82) is 0 Å². The number of benzene rings is 8. The Morgan fingerprint density at radius 3 is 1.93 bits per heavy atom. The number of hydrogen-bond donors (Lipinski definition) is 0. The Labute approximate surface area is 344 Å². The van der Waals surface area contributed by atoms with Gasteiger partial charge in [0.2, 0.25) is 0 Å². The predicted octanol–water partition coefficient (Wildman–Crippen LogP) is 13.8. The van der Waals surface area contributed by atoms with Gasteiger partial charge in [-0.2, -0.15) is 0 Å². The molecule has 0 atom stereocenters. The highest BCUT2D eigenvalue weighted by molar-refractivity contribution is 6.11. The highest BCUT2D eigenvalue weighted by atomic mass is 16.3. The van der Waals surface area contributed by atoms with Crippen LogP contribution in [0.1, 0.15) is 0 Å². The van der Waals surface area contributed by atoms with E-state index in [2.05, 4.69) is 179 Å². The Bertz CT molecular complexity index is 3610. The van der Waals surface area contributed by atoms with Gasteiger partial charge in [-0.05, 0) is 81.6 Å². The summed E-state index contributed by atoms with van der Waals surface area (Å²) in [6.45, 7) is 0. The van der Waals surface area contributed by atoms with Crippen molar-refractivity contribution >= 4 is 54.5 Å². The van der Waals surface area contributed by atoms with Gasteiger partial charge in [0, 0.05) is 44.6 Å². The smallest absolute Gasteiger partial charge is 0.167 e. The Morgan fingerprint density at radius 2 is 1.03 bits per heavy atom. The summed E-state index contributed by atoms with van der Waals surface area (Å²) in [5, 5.41) is 6.80. The van der Waals surface area contributed by atoms with Crippen molar-refractivity contribution in [2.24, 2.45) is 0 Å². The SMILES string of the molecule is c1ccc(-c2ccc3c(c2)c2ccccc2n3-c2cccc(-c3nc(-c4ccc(-c5ccc6ccccc6c5)cc4)nc(-c4cccc5c4oc4cnccc45)n3)c2)cc1. The zero-order valence-electron chi connectivity index (χ0n) is 32.2. The van der Waals surface area contributed by atoms with Gasteiger partial charge in [0.1, 0.15) is 5.58 Å². The third kappa shape index (κ3) is 5.65. The summed E-state index contributed by atoms with van der Waals surface area (Å²) < 4.78 is 8.78. The largest absolute Gasteiger partial charge is 0.454 e. The molecular weight excluding hydrogens is 735 g/mol. The molecule has 0 unspecified atom stereocenters. The zero-order valence-corrected chi connectivity index (χ0v) is 32.2. The molecule has 0 radical (unpaired) electrons. The average Bonchev–Trinajstić information content (AvgIpc) is 3.87. The van der Waals surface area contributed by atoms with Crippen LogP contribution in [0.2, 0.25) is 0 Å². The Kier molecular flexibility index (Phi) is 7.74. The van der Waals surface area contributed by atoms with Crippen LogP contribution >= 0.6 is 0 Å². The number of rotatable bonds is 6. The molecule has 280 valence electrons. The summed E-state index contributed by atoms with van der Waals surface area (Å²) in [6.07, 6.45) is 3.54. The molecule has 8 aromatic carbocycles. The van der Waals surface area contributed by atoms with Crippen molar-refractivity contribution in [2.45, 2.75) is 0 Å². The average molecular weight is 768 g/mol. The first-order valence-corrected chi connectivity index (χ1v) is 20.0. The molecular formula is C54H33N5O. The van der Waals surface area contributed by atoms with E-state index in [0.717, 1.165) is 55.3 Å². The fourth-order valence-electron chi connectivity index (χ4n) is 8.61. The minimum Gasteiger partial charge on any atom is -0.454 e. The second kappa shape index (κ2) is 13.7. The number of furan rings is 1. The molecule has 6 heteroatoms. The third-order valence-corrected chi connectivity index (χ3v) is 11.5. The number of fused-ring (bicyclic) bond motifs is 7. The standard InChI is InChI=1S/C54H33N5O/c1-2-10-34(11-3-1)40-26-27-49-47(32-40)43-16-6-7-19-48(43)59(49)42-15-8-14-41(31-42)53-56-52(37-23-20-36(21-24-37)39-25-22-35-12-4-5-13-38(35)30-39)57-54(58-53)46-18-9-17-45-44-28-29-55-33-50(44)60-51(45)46/h1-33H. The molecule has 4 heterocycles. The van der Waals surface area contributed by atoms with Gasteiger partial charge in [0.25, 0.3) is 0 Å². The van der Waals surface area contributed by atoms with Crippen LogP contribution in [0, 0.1) is 0 Å². The van der Waals surface area contributed by atoms with Crippen molar-refractivity contribution in [3.05, 3.63) is 200 Å². The van der Waals surface area contributed by atoms with E-state index < -0.39 is 0 Å². The summed E-state index contributed by atoms with van der Waals surface area (Å²) in [5.41, 5.74) is 11.9. The minimum atomic E-state index is 0.530. The van der Waals surface area contributed by atoms with E-state index in [1.165, 1.54) is 32.7 Å². The van der Waals surface area contributed by atoms with Gasteiger partial charge in [0.15, 0.2) is 23.1 Å². The summed E-state index contributed by atoms with van der Waals surface area (Å²) in [7, 11) is 0. The zero-order chi connectivity index (χ0) is 39.6. The molecule has 4 aromatic heterocycles. The van der Waals surface area contributed by atoms with E-state index in [4.69, 9.17) is 19.4 Å². The summed E-state index contributed by atoms with van der Waals surface area (Å²) in [6, 6.07) is 66.0. The molecule has 12 rings (SSSR count). The highest BCUT2D eigenvalue weighted by Gasteiger charge is 2.19. The van der Waals surface area contributed by atoms with Crippen LogP contribution in [0.15, 0.2) is 205 Å². The molecule has 0 spiro atoms. The lowest BCUT2D eigenvalue weighted by Crippen LogP contribution is -2.01. The third-order valence-electron chi connectivity index (χ3n) is 11.5. The highest BCUT2D eigenvalue weighted by Crippen LogP contribution is 2.38. The molecule has 0 fully saturated rings. The van der Waals surface area contributed by atoms with Gasteiger partial charge < -0.3 is 8.98 Å².